The second kappa shape index (κ2) is 8.43. The molecule has 0 saturated heterocycles. The number of benzene rings is 1. The molecular weight excluding hydrogens is 268 g/mol. The lowest BCUT2D eigenvalue weighted by Crippen LogP contribution is -2.07. The fourth-order valence-electron chi connectivity index (χ4n) is 1.36. The van der Waals surface area contributed by atoms with E-state index in [1.165, 1.54) is 6.20 Å². The Kier molecular flexibility index (Phi) is 6.55. The number of carbonyl (C=O) groups is 1. The molecule has 0 atom stereocenters. The maximum Gasteiger partial charge on any atom is 0.350 e. The number of nitrogens with one attached hydrogen (secondary N) is 1. The minimum absolute atomic E-state index is 0.0838. The van der Waals surface area contributed by atoms with Gasteiger partial charge in [-0.05, 0) is 43.7 Å². The van der Waals surface area contributed by atoms with Crippen LogP contribution < -0.4 is 10.1 Å². The number of hydrogen-bond donors (Lipinski definition) is 1. The molecule has 5 heteroatoms. The van der Waals surface area contributed by atoms with Crippen LogP contribution in [-0.4, -0.2) is 19.2 Å². The van der Waals surface area contributed by atoms with Crippen LogP contribution in [0.1, 0.15) is 13.8 Å². The molecule has 0 bridgehead atoms. The molecule has 1 aromatic rings. The summed E-state index contributed by atoms with van der Waals surface area (Å²) in [6.07, 6.45) is 1.32. The van der Waals surface area contributed by atoms with Gasteiger partial charge >= 0.3 is 5.97 Å². The topological polar surface area (TPSA) is 71.3 Å². The van der Waals surface area contributed by atoms with Crippen LogP contribution in [0.25, 0.3) is 0 Å². The van der Waals surface area contributed by atoms with Crippen molar-refractivity contribution < 1.29 is 14.3 Å². The van der Waals surface area contributed by atoms with Gasteiger partial charge in [-0.25, -0.2) is 4.79 Å². The van der Waals surface area contributed by atoms with Crippen LogP contribution in [0, 0.1) is 11.3 Å². The average Bonchev–Trinajstić information content (AvgIpc) is 2.47. The standard InChI is InChI=1S/C16H18N2O3/c1-4-20-16(19)13(9-17)10-18-14-5-7-15(8-6-14)21-11-12(2)3/h5-8,10,18H,2,4,11H2,1,3H3/b13-10-. The molecular formula is C16H18N2O3. The SMILES string of the molecule is C=C(C)COc1ccc(N/C=C(/C#N)C(=O)OCC)cc1. The van der Waals surface area contributed by atoms with Crippen LogP contribution in [0.3, 0.4) is 0 Å². The van der Waals surface area contributed by atoms with E-state index in [1.54, 1.807) is 37.3 Å². The van der Waals surface area contributed by atoms with Crippen molar-refractivity contribution in [3.8, 4) is 11.8 Å². The van der Waals surface area contributed by atoms with Gasteiger partial charge < -0.3 is 14.8 Å². The normalized spacial score (nSPS) is 10.4. The van der Waals surface area contributed by atoms with Crippen LogP contribution in [0.2, 0.25) is 0 Å². The van der Waals surface area contributed by atoms with Gasteiger partial charge in [0.2, 0.25) is 0 Å². The molecule has 0 saturated carbocycles. The van der Waals surface area contributed by atoms with E-state index in [0.717, 1.165) is 17.0 Å². The summed E-state index contributed by atoms with van der Waals surface area (Å²) in [7, 11) is 0. The molecule has 5 nitrogen and oxygen atoms in total. The highest BCUT2D eigenvalue weighted by Gasteiger charge is 2.08. The highest BCUT2D eigenvalue weighted by atomic mass is 16.5. The molecule has 0 fully saturated rings. The Bertz CT molecular complexity index is 568. The van der Waals surface area contributed by atoms with Crippen molar-refractivity contribution in [1.82, 2.24) is 0 Å². The summed E-state index contributed by atoms with van der Waals surface area (Å²) >= 11 is 0. The predicted molar refractivity (Wildman–Crippen MR) is 80.7 cm³/mol. The molecule has 0 radical (unpaired) electrons. The highest BCUT2D eigenvalue weighted by Crippen LogP contribution is 2.16. The summed E-state index contributed by atoms with van der Waals surface area (Å²) in [6, 6.07) is 8.93. The molecule has 0 aliphatic rings. The number of hydrogen-bond acceptors (Lipinski definition) is 5. The van der Waals surface area contributed by atoms with Gasteiger partial charge in [0.05, 0.1) is 6.61 Å². The summed E-state index contributed by atoms with van der Waals surface area (Å²) in [4.78, 5) is 11.4. The summed E-state index contributed by atoms with van der Waals surface area (Å²) in [5, 5.41) is 11.7. The van der Waals surface area contributed by atoms with Crippen LogP contribution in [0.15, 0.2) is 48.2 Å². The maximum absolute atomic E-state index is 11.4. The third kappa shape index (κ3) is 5.83. The number of rotatable bonds is 7. The monoisotopic (exact) mass is 286 g/mol. The molecule has 0 aromatic heterocycles. The first-order valence-electron chi connectivity index (χ1n) is 6.48. The van der Waals surface area contributed by atoms with E-state index in [9.17, 15) is 4.79 Å². The molecule has 0 spiro atoms. The van der Waals surface area contributed by atoms with Gasteiger partial charge in [-0.2, -0.15) is 5.26 Å². The van der Waals surface area contributed by atoms with E-state index in [2.05, 4.69) is 11.9 Å². The Balaban J connectivity index is 2.64. The van der Waals surface area contributed by atoms with Gasteiger partial charge in [0.25, 0.3) is 0 Å². The van der Waals surface area contributed by atoms with Crippen molar-refractivity contribution in [3.63, 3.8) is 0 Å². The zero-order chi connectivity index (χ0) is 15.7. The summed E-state index contributed by atoms with van der Waals surface area (Å²) in [6.45, 7) is 8.03. The predicted octanol–water partition coefficient (Wildman–Crippen LogP) is 3.02. The van der Waals surface area contributed by atoms with Crippen molar-refractivity contribution in [1.29, 1.82) is 5.26 Å². The lowest BCUT2D eigenvalue weighted by molar-refractivity contribution is -0.138. The van der Waals surface area contributed by atoms with Crippen molar-refractivity contribution in [2.24, 2.45) is 0 Å². The van der Waals surface area contributed by atoms with Crippen LogP contribution >= 0.6 is 0 Å². The zero-order valence-electron chi connectivity index (χ0n) is 12.2. The molecule has 0 aliphatic heterocycles. The second-order valence-electron chi connectivity index (χ2n) is 4.30. The Morgan fingerprint density at radius 3 is 2.62 bits per heavy atom. The number of ether oxygens (including phenoxy) is 2. The van der Waals surface area contributed by atoms with Gasteiger partial charge in [0.15, 0.2) is 5.57 Å². The van der Waals surface area contributed by atoms with E-state index in [-0.39, 0.29) is 12.2 Å². The molecule has 0 unspecified atom stereocenters. The van der Waals surface area contributed by atoms with Crippen LogP contribution in [0.5, 0.6) is 5.75 Å². The molecule has 0 heterocycles. The number of nitrogens with zero attached hydrogens (tertiary/aromatic N) is 1. The summed E-state index contributed by atoms with van der Waals surface area (Å²) in [5.41, 5.74) is 1.59. The lowest BCUT2D eigenvalue weighted by atomic mass is 10.3. The Morgan fingerprint density at radius 1 is 1.43 bits per heavy atom. The first-order chi connectivity index (χ1) is 10.1. The minimum atomic E-state index is -0.645. The van der Waals surface area contributed by atoms with Crippen molar-refractivity contribution in [2.75, 3.05) is 18.5 Å². The smallest absolute Gasteiger partial charge is 0.350 e. The average molecular weight is 286 g/mol. The number of esters is 1. The molecule has 21 heavy (non-hydrogen) atoms. The molecule has 110 valence electrons. The van der Waals surface area contributed by atoms with E-state index in [0.29, 0.717) is 6.61 Å². The quantitative estimate of drug-likeness (QED) is 0.361. The van der Waals surface area contributed by atoms with Crippen molar-refractivity contribution in [2.45, 2.75) is 13.8 Å². The van der Waals surface area contributed by atoms with E-state index in [4.69, 9.17) is 14.7 Å². The molecule has 1 rings (SSSR count). The maximum atomic E-state index is 11.4. The van der Waals surface area contributed by atoms with Gasteiger partial charge in [-0.3, -0.25) is 0 Å². The summed E-state index contributed by atoms with van der Waals surface area (Å²) < 4.78 is 10.2. The largest absolute Gasteiger partial charge is 0.489 e. The van der Waals surface area contributed by atoms with Gasteiger partial charge in [-0.15, -0.1) is 0 Å². The summed E-state index contributed by atoms with van der Waals surface area (Å²) in [5.74, 6) is 0.0762. The minimum Gasteiger partial charge on any atom is -0.489 e. The van der Waals surface area contributed by atoms with Gasteiger partial charge in [0.1, 0.15) is 18.4 Å². The molecule has 0 aliphatic carbocycles. The van der Waals surface area contributed by atoms with E-state index >= 15 is 0 Å². The van der Waals surface area contributed by atoms with Crippen LogP contribution in [-0.2, 0) is 9.53 Å². The first-order valence-corrected chi connectivity index (χ1v) is 6.48. The van der Waals surface area contributed by atoms with Crippen LogP contribution in [0.4, 0.5) is 5.69 Å². The van der Waals surface area contributed by atoms with Crippen molar-refractivity contribution >= 4 is 11.7 Å². The van der Waals surface area contributed by atoms with Crippen molar-refractivity contribution in [3.05, 3.63) is 48.2 Å². The number of carbonyl (C=O) groups excluding carboxylic acids is 1. The Hall–Kier alpha value is -2.74. The number of anilines is 1. The fourth-order valence-corrected chi connectivity index (χ4v) is 1.36. The Morgan fingerprint density at radius 2 is 2.10 bits per heavy atom. The third-order valence-electron chi connectivity index (χ3n) is 2.34. The van der Waals surface area contributed by atoms with Gasteiger partial charge in [-0.1, -0.05) is 6.58 Å². The number of nitriles is 1. The van der Waals surface area contributed by atoms with Gasteiger partial charge in [0, 0.05) is 11.9 Å². The highest BCUT2D eigenvalue weighted by molar-refractivity contribution is 5.93. The zero-order valence-corrected chi connectivity index (χ0v) is 12.2. The molecule has 0 amide bonds. The third-order valence-corrected chi connectivity index (χ3v) is 2.34. The first kappa shape index (κ1) is 16.3. The van der Waals surface area contributed by atoms with E-state index < -0.39 is 5.97 Å². The van der Waals surface area contributed by atoms with E-state index in [1.807, 2.05) is 6.92 Å². The molecule has 1 aromatic carbocycles. The molecule has 1 N–H and O–H groups in total. The Labute approximate surface area is 124 Å². The fraction of sp³-hybridized carbons (Fsp3) is 0.250. The lowest BCUT2D eigenvalue weighted by Gasteiger charge is -2.07. The second-order valence-corrected chi connectivity index (χ2v) is 4.30.